The van der Waals surface area contributed by atoms with Gasteiger partial charge in [0.05, 0.1) is 10.7 Å². The van der Waals surface area contributed by atoms with E-state index in [2.05, 4.69) is 5.32 Å². The van der Waals surface area contributed by atoms with Crippen LogP contribution in [0.5, 0.6) is 0 Å². The number of hydrogen-bond donors (Lipinski definition) is 1. The third kappa shape index (κ3) is 2.90. The molecule has 0 bridgehead atoms. The molecule has 1 amide bonds. The second-order valence-electron chi connectivity index (χ2n) is 4.53. The fourth-order valence-corrected chi connectivity index (χ4v) is 3.27. The Labute approximate surface area is 141 Å². The van der Waals surface area contributed by atoms with Crippen molar-refractivity contribution in [2.75, 3.05) is 5.32 Å². The lowest BCUT2D eigenvalue weighted by Gasteiger charge is -2.03. The van der Waals surface area contributed by atoms with E-state index in [0.717, 1.165) is 5.56 Å². The second kappa shape index (κ2) is 5.54. The molecule has 1 N–H and O–H groups in total. The van der Waals surface area contributed by atoms with Crippen molar-refractivity contribution in [3.63, 3.8) is 0 Å². The van der Waals surface area contributed by atoms with Crippen LogP contribution in [0.3, 0.4) is 0 Å². The SMILES string of the molecule is O=C1Nc2c(Cl)cc(Cl)cc2C1=Cc1cc(Cl)cc(Cl)c1. The van der Waals surface area contributed by atoms with Crippen molar-refractivity contribution in [1.82, 2.24) is 0 Å². The van der Waals surface area contributed by atoms with Gasteiger partial charge in [0.15, 0.2) is 0 Å². The molecule has 106 valence electrons. The molecule has 0 radical (unpaired) electrons. The highest BCUT2D eigenvalue weighted by molar-refractivity contribution is 6.43. The largest absolute Gasteiger partial charge is 0.320 e. The van der Waals surface area contributed by atoms with E-state index < -0.39 is 0 Å². The number of carbonyl (C=O) groups is 1. The summed E-state index contributed by atoms with van der Waals surface area (Å²) in [6, 6.07) is 8.34. The minimum atomic E-state index is -0.245. The van der Waals surface area contributed by atoms with Crippen molar-refractivity contribution in [2.45, 2.75) is 0 Å². The quantitative estimate of drug-likeness (QED) is 0.642. The average molecular weight is 359 g/mol. The van der Waals surface area contributed by atoms with Gasteiger partial charge in [0, 0.05) is 26.2 Å². The molecule has 0 saturated carbocycles. The van der Waals surface area contributed by atoms with Gasteiger partial charge < -0.3 is 5.32 Å². The molecule has 1 aliphatic heterocycles. The summed E-state index contributed by atoms with van der Waals surface area (Å²) < 4.78 is 0. The molecule has 21 heavy (non-hydrogen) atoms. The van der Waals surface area contributed by atoms with Crippen LogP contribution in [0, 0.1) is 0 Å². The number of amides is 1. The van der Waals surface area contributed by atoms with Gasteiger partial charge in [-0.2, -0.15) is 0 Å². The molecule has 0 aliphatic carbocycles. The molecule has 1 aliphatic rings. The number of fused-ring (bicyclic) bond motifs is 1. The number of halogens is 4. The molecule has 0 saturated heterocycles. The first-order valence-corrected chi connectivity index (χ1v) is 7.44. The highest BCUT2D eigenvalue weighted by Gasteiger charge is 2.26. The lowest BCUT2D eigenvalue weighted by molar-refractivity contribution is -0.110. The van der Waals surface area contributed by atoms with E-state index in [-0.39, 0.29) is 5.91 Å². The van der Waals surface area contributed by atoms with Crippen LogP contribution in [-0.4, -0.2) is 5.91 Å². The van der Waals surface area contributed by atoms with Crippen LogP contribution in [0.1, 0.15) is 11.1 Å². The van der Waals surface area contributed by atoms with Crippen LogP contribution < -0.4 is 5.32 Å². The topological polar surface area (TPSA) is 29.1 Å². The summed E-state index contributed by atoms with van der Waals surface area (Å²) in [5.74, 6) is -0.245. The summed E-state index contributed by atoms with van der Waals surface area (Å²) in [7, 11) is 0. The van der Waals surface area contributed by atoms with Gasteiger partial charge in [0.25, 0.3) is 5.91 Å². The molecular formula is C15H7Cl4NO. The van der Waals surface area contributed by atoms with Crippen LogP contribution in [0.2, 0.25) is 20.1 Å². The molecule has 0 fully saturated rings. The van der Waals surface area contributed by atoms with Gasteiger partial charge in [0.2, 0.25) is 0 Å². The van der Waals surface area contributed by atoms with Gasteiger partial charge in [-0.05, 0) is 42.0 Å². The number of carbonyl (C=O) groups excluding carboxylic acids is 1. The maximum Gasteiger partial charge on any atom is 0.256 e. The van der Waals surface area contributed by atoms with Crippen molar-refractivity contribution in [3.05, 3.63) is 61.5 Å². The van der Waals surface area contributed by atoms with E-state index in [9.17, 15) is 4.79 Å². The molecule has 1 heterocycles. The lowest BCUT2D eigenvalue weighted by Crippen LogP contribution is -2.03. The van der Waals surface area contributed by atoms with E-state index >= 15 is 0 Å². The molecule has 3 rings (SSSR count). The van der Waals surface area contributed by atoms with Gasteiger partial charge in [0.1, 0.15) is 0 Å². The number of hydrogen-bond acceptors (Lipinski definition) is 1. The molecule has 0 unspecified atom stereocenters. The van der Waals surface area contributed by atoms with E-state index in [1.807, 2.05) is 0 Å². The Morgan fingerprint density at radius 1 is 0.857 bits per heavy atom. The van der Waals surface area contributed by atoms with Gasteiger partial charge in [-0.25, -0.2) is 0 Å². The molecule has 0 spiro atoms. The first-order chi connectivity index (χ1) is 9.94. The summed E-state index contributed by atoms with van der Waals surface area (Å²) in [6.07, 6.45) is 1.70. The van der Waals surface area contributed by atoms with Gasteiger partial charge >= 0.3 is 0 Å². The minimum absolute atomic E-state index is 0.245. The van der Waals surface area contributed by atoms with Gasteiger partial charge in [-0.3, -0.25) is 4.79 Å². The Morgan fingerprint density at radius 2 is 1.48 bits per heavy atom. The predicted octanol–water partition coefficient (Wildman–Crippen LogP) is 5.79. The molecule has 6 heteroatoms. The zero-order valence-electron chi connectivity index (χ0n) is 10.4. The van der Waals surface area contributed by atoms with Crippen molar-refractivity contribution >= 4 is 69.6 Å². The first kappa shape index (κ1) is 14.7. The number of nitrogens with one attached hydrogen (secondary N) is 1. The van der Waals surface area contributed by atoms with Crippen LogP contribution in [-0.2, 0) is 4.79 Å². The van der Waals surface area contributed by atoms with E-state index in [0.29, 0.717) is 36.9 Å². The fraction of sp³-hybridized carbons (Fsp3) is 0. The summed E-state index contributed by atoms with van der Waals surface area (Å²) in [4.78, 5) is 12.1. The summed E-state index contributed by atoms with van der Waals surface area (Å²) >= 11 is 24.0. The van der Waals surface area contributed by atoms with Crippen molar-refractivity contribution in [3.8, 4) is 0 Å². The monoisotopic (exact) mass is 357 g/mol. The Hall–Kier alpha value is -1.19. The molecule has 0 aromatic heterocycles. The number of benzene rings is 2. The van der Waals surface area contributed by atoms with E-state index in [4.69, 9.17) is 46.4 Å². The molecule has 2 nitrogen and oxygen atoms in total. The van der Waals surface area contributed by atoms with E-state index in [1.54, 1.807) is 36.4 Å². The first-order valence-electron chi connectivity index (χ1n) is 5.92. The molecular weight excluding hydrogens is 352 g/mol. The Kier molecular flexibility index (Phi) is 3.89. The summed E-state index contributed by atoms with van der Waals surface area (Å²) in [5, 5.41) is 4.59. The van der Waals surface area contributed by atoms with Gasteiger partial charge in [-0.15, -0.1) is 0 Å². The Balaban J connectivity index is 2.16. The summed E-state index contributed by atoms with van der Waals surface area (Å²) in [6.45, 7) is 0. The standard InChI is InChI=1S/C15H7Cl4NO/c16-8-1-7(2-9(17)4-8)3-12-11-5-10(18)6-13(19)14(11)20-15(12)21/h1-6H,(H,20,21). The number of anilines is 1. The third-order valence-electron chi connectivity index (χ3n) is 3.02. The Morgan fingerprint density at radius 3 is 2.14 bits per heavy atom. The van der Waals surface area contributed by atoms with Crippen LogP contribution >= 0.6 is 46.4 Å². The normalized spacial score (nSPS) is 15.2. The summed E-state index contributed by atoms with van der Waals surface area (Å²) in [5.41, 5.74) is 2.41. The van der Waals surface area contributed by atoms with Crippen LogP contribution in [0.4, 0.5) is 5.69 Å². The maximum absolute atomic E-state index is 12.1. The highest BCUT2D eigenvalue weighted by Crippen LogP contribution is 2.40. The zero-order valence-corrected chi connectivity index (χ0v) is 13.4. The lowest BCUT2D eigenvalue weighted by atomic mass is 10.0. The second-order valence-corrected chi connectivity index (χ2v) is 6.24. The van der Waals surface area contributed by atoms with Crippen molar-refractivity contribution < 1.29 is 4.79 Å². The van der Waals surface area contributed by atoms with Crippen LogP contribution in [0.25, 0.3) is 11.6 Å². The minimum Gasteiger partial charge on any atom is -0.320 e. The maximum atomic E-state index is 12.1. The van der Waals surface area contributed by atoms with Crippen molar-refractivity contribution in [2.24, 2.45) is 0 Å². The molecule has 2 aromatic rings. The third-order valence-corrected chi connectivity index (χ3v) is 3.98. The smallest absolute Gasteiger partial charge is 0.256 e. The molecule has 0 atom stereocenters. The van der Waals surface area contributed by atoms with Gasteiger partial charge in [-0.1, -0.05) is 46.4 Å². The average Bonchev–Trinajstić information content (AvgIpc) is 2.66. The zero-order chi connectivity index (χ0) is 15.1. The van der Waals surface area contributed by atoms with Crippen LogP contribution in [0.15, 0.2) is 30.3 Å². The fourth-order valence-electron chi connectivity index (χ4n) is 2.18. The van der Waals surface area contributed by atoms with Crippen molar-refractivity contribution in [1.29, 1.82) is 0 Å². The van der Waals surface area contributed by atoms with E-state index in [1.165, 1.54) is 0 Å². The highest BCUT2D eigenvalue weighted by atomic mass is 35.5. The molecule has 2 aromatic carbocycles. The Bertz CT molecular complexity index is 778. The number of rotatable bonds is 1. The predicted molar refractivity (Wildman–Crippen MR) is 89.4 cm³/mol.